The highest BCUT2D eigenvalue weighted by Crippen LogP contribution is 2.29. The number of aryl methyl sites for hydroxylation is 1. The number of carboxylic acid groups (broad SMARTS) is 2. The van der Waals surface area contributed by atoms with Crippen LogP contribution in [0.15, 0.2) is 12.3 Å². The SMILES string of the molecule is Cn1ncc2cc(OC(=O)O)c(OC(=O)O)nc21. The Labute approximate surface area is 99.2 Å². The third kappa shape index (κ3) is 2.14. The van der Waals surface area contributed by atoms with E-state index in [0.29, 0.717) is 11.0 Å². The second-order valence-corrected chi connectivity index (χ2v) is 3.21. The van der Waals surface area contributed by atoms with Gasteiger partial charge in [0.1, 0.15) is 0 Å². The fourth-order valence-corrected chi connectivity index (χ4v) is 1.36. The number of hydrogen-bond donors (Lipinski definition) is 2. The molecule has 0 spiro atoms. The Kier molecular flexibility index (Phi) is 2.72. The summed E-state index contributed by atoms with van der Waals surface area (Å²) < 4.78 is 10.1. The van der Waals surface area contributed by atoms with Crippen molar-refractivity contribution in [2.45, 2.75) is 0 Å². The summed E-state index contributed by atoms with van der Waals surface area (Å²) in [5, 5.41) is 21.4. The van der Waals surface area contributed by atoms with Gasteiger partial charge in [0, 0.05) is 12.4 Å². The first kappa shape index (κ1) is 11.6. The quantitative estimate of drug-likeness (QED) is 0.762. The van der Waals surface area contributed by atoms with Crippen molar-refractivity contribution in [3.05, 3.63) is 12.3 Å². The van der Waals surface area contributed by atoms with Crippen LogP contribution in [0.2, 0.25) is 0 Å². The van der Waals surface area contributed by atoms with Crippen molar-refractivity contribution >= 4 is 23.3 Å². The molecule has 9 heteroatoms. The summed E-state index contributed by atoms with van der Waals surface area (Å²) in [6.45, 7) is 0. The molecule has 0 saturated carbocycles. The highest BCUT2D eigenvalue weighted by atomic mass is 16.7. The molecule has 0 amide bonds. The standard InChI is InChI=1S/C9H7N3O6/c1-12-6-4(3-10-12)2-5(17-8(13)14)7(11-6)18-9(15)16/h2-3H,1H3,(H,13,14)(H,15,16). The molecule has 0 aliphatic carbocycles. The van der Waals surface area contributed by atoms with Crippen LogP contribution in [0.25, 0.3) is 11.0 Å². The molecule has 2 N–H and O–H groups in total. The van der Waals surface area contributed by atoms with Crippen LogP contribution < -0.4 is 9.47 Å². The van der Waals surface area contributed by atoms with E-state index in [2.05, 4.69) is 19.6 Å². The van der Waals surface area contributed by atoms with Crippen molar-refractivity contribution < 1.29 is 29.3 Å². The molecular formula is C9H7N3O6. The number of hydrogen-bond acceptors (Lipinski definition) is 6. The lowest BCUT2D eigenvalue weighted by Gasteiger charge is -2.05. The molecule has 0 atom stereocenters. The molecule has 18 heavy (non-hydrogen) atoms. The molecule has 0 fully saturated rings. The molecule has 2 rings (SSSR count). The highest BCUT2D eigenvalue weighted by Gasteiger charge is 2.17. The molecule has 2 aromatic rings. The molecule has 0 radical (unpaired) electrons. The average molecular weight is 253 g/mol. The van der Waals surface area contributed by atoms with E-state index in [-0.39, 0.29) is 5.75 Å². The van der Waals surface area contributed by atoms with Crippen LogP contribution >= 0.6 is 0 Å². The lowest BCUT2D eigenvalue weighted by molar-refractivity contribution is 0.131. The minimum atomic E-state index is -1.63. The van der Waals surface area contributed by atoms with Crippen molar-refractivity contribution in [2.24, 2.45) is 7.05 Å². The van der Waals surface area contributed by atoms with Gasteiger partial charge in [0.05, 0.1) is 6.20 Å². The first-order valence-electron chi connectivity index (χ1n) is 4.61. The van der Waals surface area contributed by atoms with Crippen LogP contribution in [0.1, 0.15) is 0 Å². The fraction of sp³-hybridized carbons (Fsp3) is 0.111. The maximum atomic E-state index is 10.5. The minimum Gasteiger partial charge on any atom is -0.449 e. The third-order valence-corrected chi connectivity index (χ3v) is 2.02. The van der Waals surface area contributed by atoms with Gasteiger partial charge in [-0.1, -0.05) is 0 Å². The van der Waals surface area contributed by atoms with Gasteiger partial charge in [0.15, 0.2) is 11.4 Å². The Morgan fingerprint density at radius 2 is 1.94 bits per heavy atom. The maximum absolute atomic E-state index is 10.5. The summed E-state index contributed by atoms with van der Waals surface area (Å²) >= 11 is 0. The van der Waals surface area contributed by atoms with E-state index in [9.17, 15) is 9.59 Å². The van der Waals surface area contributed by atoms with Gasteiger partial charge in [-0.15, -0.1) is 0 Å². The van der Waals surface area contributed by atoms with Crippen molar-refractivity contribution in [3.8, 4) is 11.6 Å². The maximum Gasteiger partial charge on any atom is 0.512 e. The van der Waals surface area contributed by atoms with Crippen molar-refractivity contribution in [1.82, 2.24) is 14.8 Å². The van der Waals surface area contributed by atoms with E-state index in [1.807, 2.05) is 0 Å². The molecule has 0 saturated heterocycles. The molecular weight excluding hydrogens is 246 g/mol. The Morgan fingerprint density at radius 3 is 2.56 bits per heavy atom. The van der Waals surface area contributed by atoms with Crippen LogP contribution in [0.5, 0.6) is 11.6 Å². The fourth-order valence-electron chi connectivity index (χ4n) is 1.36. The van der Waals surface area contributed by atoms with Gasteiger partial charge in [-0.25, -0.2) is 9.59 Å². The number of nitrogens with zero attached hydrogens (tertiary/aromatic N) is 3. The van der Waals surface area contributed by atoms with E-state index in [1.54, 1.807) is 7.05 Å². The number of fused-ring (bicyclic) bond motifs is 1. The summed E-state index contributed by atoms with van der Waals surface area (Å²) in [6.07, 6.45) is -1.80. The second-order valence-electron chi connectivity index (χ2n) is 3.21. The van der Waals surface area contributed by atoms with E-state index >= 15 is 0 Å². The topological polar surface area (TPSA) is 124 Å². The number of pyridine rings is 1. The first-order chi connectivity index (χ1) is 8.47. The molecule has 0 unspecified atom stereocenters. The normalized spacial score (nSPS) is 10.3. The van der Waals surface area contributed by atoms with Gasteiger partial charge in [-0.2, -0.15) is 10.1 Å². The first-order valence-corrected chi connectivity index (χ1v) is 4.61. The molecule has 0 aliphatic heterocycles. The molecule has 0 aliphatic rings. The summed E-state index contributed by atoms with van der Waals surface area (Å²) in [4.78, 5) is 24.8. The third-order valence-electron chi connectivity index (χ3n) is 2.02. The molecule has 0 bridgehead atoms. The second kappa shape index (κ2) is 4.20. The monoisotopic (exact) mass is 253 g/mol. The summed E-state index contributed by atoms with van der Waals surface area (Å²) in [5.74, 6) is -0.772. The lowest BCUT2D eigenvalue weighted by atomic mass is 10.3. The van der Waals surface area contributed by atoms with Crippen LogP contribution in [-0.2, 0) is 7.05 Å². The highest BCUT2D eigenvalue weighted by molar-refractivity contribution is 5.79. The van der Waals surface area contributed by atoms with Crippen LogP contribution in [0, 0.1) is 0 Å². The Hall–Kier alpha value is -2.84. The smallest absolute Gasteiger partial charge is 0.449 e. The number of aromatic nitrogens is 3. The van der Waals surface area contributed by atoms with Gasteiger partial charge < -0.3 is 19.7 Å². The summed E-state index contributed by atoms with van der Waals surface area (Å²) in [5.41, 5.74) is 0.337. The van der Waals surface area contributed by atoms with E-state index in [0.717, 1.165) is 0 Å². The zero-order valence-corrected chi connectivity index (χ0v) is 9.02. The van der Waals surface area contributed by atoms with Crippen LogP contribution in [0.4, 0.5) is 9.59 Å². The van der Waals surface area contributed by atoms with Crippen LogP contribution in [0.3, 0.4) is 0 Å². The van der Waals surface area contributed by atoms with Gasteiger partial charge in [0.2, 0.25) is 0 Å². The molecule has 2 aromatic heterocycles. The molecule has 94 valence electrons. The van der Waals surface area contributed by atoms with Gasteiger partial charge in [-0.05, 0) is 6.07 Å². The molecule has 2 heterocycles. The zero-order valence-electron chi connectivity index (χ0n) is 9.02. The van der Waals surface area contributed by atoms with Crippen molar-refractivity contribution in [2.75, 3.05) is 0 Å². The Morgan fingerprint density at radius 1 is 1.28 bits per heavy atom. The van der Waals surface area contributed by atoms with Crippen LogP contribution in [-0.4, -0.2) is 37.3 Å². The predicted molar refractivity (Wildman–Crippen MR) is 55.8 cm³/mol. The molecule has 9 nitrogen and oxygen atoms in total. The van der Waals surface area contributed by atoms with Gasteiger partial charge in [-0.3, -0.25) is 4.68 Å². The minimum absolute atomic E-state index is 0.314. The molecule has 0 aromatic carbocycles. The van der Waals surface area contributed by atoms with Crippen molar-refractivity contribution in [3.63, 3.8) is 0 Å². The van der Waals surface area contributed by atoms with Gasteiger partial charge in [0.25, 0.3) is 5.88 Å². The largest absolute Gasteiger partial charge is 0.512 e. The van der Waals surface area contributed by atoms with E-state index < -0.39 is 18.2 Å². The summed E-state index contributed by atoms with van der Waals surface area (Å²) in [7, 11) is 1.59. The average Bonchev–Trinajstić information content (AvgIpc) is 2.59. The van der Waals surface area contributed by atoms with E-state index in [4.69, 9.17) is 10.2 Å². The van der Waals surface area contributed by atoms with Crippen molar-refractivity contribution in [1.29, 1.82) is 0 Å². The predicted octanol–water partition coefficient (Wildman–Crippen LogP) is 1.08. The van der Waals surface area contributed by atoms with E-state index in [1.165, 1.54) is 16.9 Å². The number of rotatable bonds is 2. The zero-order chi connectivity index (χ0) is 13.3. The Balaban J connectivity index is 2.56. The number of ether oxygens (including phenoxy) is 2. The lowest BCUT2D eigenvalue weighted by Crippen LogP contribution is -2.10. The Bertz CT molecular complexity index is 635. The number of carbonyl (C=O) groups is 2. The van der Waals surface area contributed by atoms with Gasteiger partial charge >= 0.3 is 12.3 Å². The summed E-state index contributed by atoms with van der Waals surface area (Å²) in [6, 6.07) is 1.28.